The average Bonchev–Trinajstić information content (AvgIpc) is 3.19. The number of carbonyl (C=O) groups excluding carboxylic acids is 1. The van der Waals surface area contributed by atoms with Crippen LogP contribution in [-0.4, -0.2) is 37.0 Å². The number of allylic oxidation sites excluding steroid dienone is 1. The van der Waals surface area contributed by atoms with Crippen LogP contribution in [0.2, 0.25) is 0 Å². The first-order valence-electron chi connectivity index (χ1n) is 12.6. The van der Waals surface area contributed by atoms with Crippen LogP contribution in [0.5, 0.6) is 17.2 Å². The first-order valence-corrected chi connectivity index (χ1v) is 14.3. The minimum atomic E-state index is -0.753. The maximum Gasteiger partial charge on any atom is 0.338 e. The Hall–Kier alpha value is -3.37. The Morgan fingerprint density at radius 3 is 2.51 bits per heavy atom. The van der Waals surface area contributed by atoms with E-state index in [9.17, 15) is 9.59 Å². The molecule has 0 spiro atoms. The number of hydrogen-bond donors (Lipinski definition) is 0. The number of nitrogens with zero attached hydrogens (tertiary/aromatic N) is 2. The molecule has 8 nitrogen and oxygen atoms in total. The number of fused-ring (bicyclic) bond motifs is 1. The Balaban J connectivity index is 1.91. The van der Waals surface area contributed by atoms with Gasteiger partial charge in [0.25, 0.3) is 5.56 Å². The second kappa shape index (κ2) is 12.2. The third-order valence-electron chi connectivity index (χ3n) is 5.94. The van der Waals surface area contributed by atoms with E-state index >= 15 is 0 Å². The van der Waals surface area contributed by atoms with E-state index < -0.39 is 12.0 Å². The van der Waals surface area contributed by atoms with Crippen LogP contribution >= 0.6 is 27.3 Å². The van der Waals surface area contributed by atoms with Crippen LogP contribution in [-0.2, 0) is 9.53 Å². The van der Waals surface area contributed by atoms with Gasteiger partial charge in [-0.3, -0.25) is 9.36 Å². The van der Waals surface area contributed by atoms with Crippen molar-refractivity contribution in [3.05, 3.63) is 83.0 Å². The van der Waals surface area contributed by atoms with Gasteiger partial charge < -0.3 is 18.9 Å². The van der Waals surface area contributed by atoms with Crippen LogP contribution in [0.15, 0.2) is 61.9 Å². The third kappa shape index (κ3) is 5.96. The fraction of sp³-hybridized carbons (Fsp3) is 0.345. The predicted octanol–water partition coefficient (Wildman–Crippen LogP) is 4.76. The van der Waals surface area contributed by atoms with Gasteiger partial charge in [0.05, 0.1) is 52.7 Å². The van der Waals surface area contributed by atoms with Gasteiger partial charge in [0, 0.05) is 0 Å². The van der Waals surface area contributed by atoms with E-state index in [-0.39, 0.29) is 18.3 Å². The molecule has 1 unspecified atom stereocenters. The lowest BCUT2D eigenvalue weighted by atomic mass is 9.95. The van der Waals surface area contributed by atoms with E-state index in [1.54, 1.807) is 37.7 Å². The number of esters is 1. The van der Waals surface area contributed by atoms with E-state index in [2.05, 4.69) is 20.9 Å². The molecule has 1 atom stereocenters. The van der Waals surface area contributed by atoms with Crippen LogP contribution in [0.25, 0.3) is 6.08 Å². The van der Waals surface area contributed by atoms with Gasteiger partial charge in [0.2, 0.25) is 0 Å². The first kappa shape index (κ1) is 28.6. The van der Waals surface area contributed by atoms with E-state index in [0.29, 0.717) is 44.3 Å². The highest BCUT2D eigenvalue weighted by molar-refractivity contribution is 9.10. The molecule has 206 valence electrons. The lowest BCUT2D eigenvalue weighted by molar-refractivity contribution is -0.139. The minimum absolute atomic E-state index is 0.0534. The summed E-state index contributed by atoms with van der Waals surface area (Å²) in [6.45, 7) is 10.0. The summed E-state index contributed by atoms with van der Waals surface area (Å²) in [5.74, 6) is 1.28. The largest absolute Gasteiger partial charge is 0.493 e. The highest BCUT2D eigenvalue weighted by Gasteiger charge is 2.34. The quantitative estimate of drug-likeness (QED) is 0.323. The zero-order valence-corrected chi connectivity index (χ0v) is 25.1. The monoisotopic (exact) mass is 614 g/mol. The summed E-state index contributed by atoms with van der Waals surface area (Å²) in [6.07, 6.45) is 1.76. The second-order valence-electron chi connectivity index (χ2n) is 9.00. The first-order chi connectivity index (χ1) is 18.7. The molecule has 3 aromatic rings. The zero-order chi connectivity index (χ0) is 28.3. The van der Waals surface area contributed by atoms with Crippen LogP contribution < -0.4 is 29.1 Å². The average molecular weight is 616 g/mol. The molecule has 2 heterocycles. The third-order valence-corrected chi connectivity index (χ3v) is 7.54. The van der Waals surface area contributed by atoms with Crippen molar-refractivity contribution in [2.75, 3.05) is 20.3 Å². The van der Waals surface area contributed by atoms with Crippen molar-refractivity contribution in [2.24, 2.45) is 4.99 Å². The zero-order valence-electron chi connectivity index (χ0n) is 22.7. The number of benzene rings is 2. The summed E-state index contributed by atoms with van der Waals surface area (Å²) < 4.78 is 25.3. The minimum Gasteiger partial charge on any atom is -0.493 e. The Morgan fingerprint density at radius 1 is 1.13 bits per heavy atom. The maximum absolute atomic E-state index is 13.9. The highest BCUT2D eigenvalue weighted by Crippen LogP contribution is 2.36. The molecule has 1 aliphatic heterocycles. The number of carbonyl (C=O) groups is 1. The van der Waals surface area contributed by atoms with Gasteiger partial charge in [0.1, 0.15) is 5.75 Å². The van der Waals surface area contributed by atoms with Gasteiger partial charge in [-0.25, -0.2) is 9.79 Å². The summed E-state index contributed by atoms with van der Waals surface area (Å²) in [6, 6.07) is 10.3. The number of ether oxygens (including phenoxy) is 4. The van der Waals surface area contributed by atoms with Gasteiger partial charge in [-0.15, -0.1) is 0 Å². The lowest BCUT2D eigenvalue weighted by Crippen LogP contribution is -2.40. The van der Waals surface area contributed by atoms with Gasteiger partial charge in [-0.05, 0) is 92.0 Å². The fourth-order valence-electron chi connectivity index (χ4n) is 4.34. The molecular weight excluding hydrogens is 584 g/mol. The molecule has 1 aliphatic rings. The van der Waals surface area contributed by atoms with Crippen molar-refractivity contribution in [3.8, 4) is 17.2 Å². The number of hydrogen-bond acceptors (Lipinski definition) is 8. The molecule has 39 heavy (non-hydrogen) atoms. The van der Waals surface area contributed by atoms with Crippen molar-refractivity contribution in [1.29, 1.82) is 0 Å². The summed E-state index contributed by atoms with van der Waals surface area (Å²) in [7, 11) is 1.56. The van der Waals surface area contributed by atoms with E-state index in [1.807, 2.05) is 51.1 Å². The van der Waals surface area contributed by atoms with Crippen LogP contribution in [0.1, 0.15) is 51.8 Å². The topological polar surface area (TPSA) is 88.4 Å². The molecule has 0 saturated heterocycles. The van der Waals surface area contributed by atoms with Gasteiger partial charge in [-0.1, -0.05) is 23.5 Å². The molecule has 0 N–H and O–H groups in total. The van der Waals surface area contributed by atoms with Crippen LogP contribution in [0, 0.1) is 0 Å². The van der Waals surface area contributed by atoms with E-state index in [0.717, 1.165) is 15.8 Å². The summed E-state index contributed by atoms with van der Waals surface area (Å²) in [5, 5.41) is 0. The molecule has 2 aromatic carbocycles. The summed E-state index contributed by atoms with van der Waals surface area (Å²) >= 11 is 4.80. The maximum atomic E-state index is 13.9. The molecule has 0 radical (unpaired) electrons. The molecule has 10 heteroatoms. The molecule has 4 rings (SSSR count). The molecule has 0 amide bonds. The Kier molecular flexibility index (Phi) is 8.97. The SMILES string of the molecule is CCOC(=O)C1=C(C)N=c2sc(=Cc3ccc(OCC)c(Br)c3)c(=O)n2C1c1ccc(OC(C)C)c(OC)c1. The van der Waals surface area contributed by atoms with Crippen molar-refractivity contribution in [1.82, 2.24) is 4.57 Å². The predicted molar refractivity (Wildman–Crippen MR) is 154 cm³/mol. The number of halogens is 1. The molecular formula is C29H31BrN2O6S. The fourth-order valence-corrected chi connectivity index (χ4v) is 5.90. The lowest BCUT2D eigenvalue weighted by Gasteiger charge is -2.25. The summed E-state index contributed by atoms with van der Waals surface area (Å²) in [5.41, 5.74) is 2.04. The smallest absolute Gasteiger partial charge is 0.338 e. The summed E-state index contributed by atoms with van der Waals surface area (Å²) in [4.78, 5) is 32.2. The second-order valence-corrected chi connectivity index (χ2v) is 10.9. The standard InChI is InChI=1S/C29H31BrN2O6S/c1-7-36-21-11-9-18(13-20(21)30)14-24-27(33)32-26(19-10-12-22(38-16(3)4)23(15-19)35-6)25(28(34)37-8-2)17(5)31-29(32)39-24/h9-16,26H,7-8H2,1-6H3. The number of rotatable bonds is 9. The van der Waals surface area contributed by atoms with Crippen LogP contribution in [0.4, 0.5) is 0 Å². The van der Waals surface area contributed by atoms with Crippen molar-refractivity contribution < 1.29 is 23.7 Å². The van der Waals surface area contributed by atoms with Crippen LogP contribution in [0.3, 0.4) is 0 Å². The van der Waals surface area contributed by atoms with Gasteiger partial charge >= 0.3 is 5.97 Å². The Labute approximate surface area is 239 Å². The molecule has 0 aliphatic carbocycles. The normalized spacial score (nSPS) is 15.2. The molecule has 0 fully saturated rings. The Morgan fingerprint density at radius 2 is 1.87 bits per heavy atom. The Bertz CT molecular complexity index is 1600. The number of thiazole rings is 1. The molecule has 0 bridgehead atoms. The van der Waals surface area contributed by atoms with Gasteiger partial charge in [-0.2, -0.15) is 0 Å². The van der Waals surface area contributed by atoms with Crippen molar-refractivity contribution in [2.45, 2.75) is 46.8 Å². The van der Waals surface area contributed by atoms with E-state index in [1.165, 1.54) is 11.3 Å². The van der Waals surface area contributed by atoms with Crippen molar-refractivity contribution in [3.63, 3.8) is 0 Å². The number of aromatic nitrogens is 1. The van der Waals surface area contributed by atoms with Gasteiger partial charge in [0.15, 0.2) is 16.3 Å². The van der Waals surface area contributed by atoms with E-state index in [4.69, 9.17) is 18.9 Å². The number of methoxy groups -OCH3 is 1. The molecule has 0 saturated carbocycles. The highest BCUT2D eigenvalue weighted by atomic mass is 79.9. The van der Waals surface area contributed by atoms with Crippen molar-refractivity contribution >= 4 is 39.3 Å². The molecule has 1 aromatic heterocycles.